The van der Waals surface area contributed by atoms with Gasteiger partial charge in [0, 0.05) is 37.8 Å². The summed E-state index contributed by atoms with van der Waals surface area (Å²) in [6.07, 6.45) is 1.82. The number of rotatable bonds is 8. The van der Waals surface area contributed by atoms with Crippen molar-refractivity contribution in [3.63, 3.8) is 0 Å². The van der Waals surface area contributed by atoms with E-state index in [1.807, 2.05) is 6.92 Å². The van der Waals surface area contributed by atoms with Gasteiger partial charge in [-0.3, -0.25) is 19.5 Å². The zero-order chi connectivity index (χ0) is 20.4. The molecule has 0 unspecified atom stereocenters. The predicted molar refractivity (Wildman–Crippen MR) is 108 cm³/mol. The molecule has 0 spiro atoms. The number of amides is 2. The number of carbonyl (C=O) groups is 2. The highest BCUT2D eigenvalue weighted by Gasteiger charge is 2.20. The molecule has 1 aliphatic heterocycles. The molecule has 0 atom stereocenters. The number of piperidine rings is 1. The maximum Gasteiger partial charge on any atom is 0.251 e. The summed E-state index contributed by atoms with van der Waals surface area (Å²) in [4.78, 5) is 29.6. The first-order valence-electron chi connectivity index (χ1n) is 9.60. The van der Waals surface area contributed by atoms with Gasteiger partial charge in [-0.2, -0.15) is 0 Å². The lowest BCUT2D eigenvalue weighted by Gasteiger charge is -2.32. The number of benzene rings is 1. The number of aliphatic imine (C=N–C) groups is 1. The molecule has 0 aromatic heterocycles. The lowest BCUT2D eigenvalue weighted by molar-refractivity contribution is -0.119. The van der Waals surface area contributed by atoms with Crippen molar-refractivity contribution in [3.05, 3.63) is 29.8 Å². The van der Waals surface area contributed by atoms with Crippen LogP contribution in [0.3, 0.4) is 0 Å². The Balaban J connectivity index is 1.75. The van der Waals surface area contributed by atoms with E-state index in [4.69, 9.17) is 5.73 Å². The van der Waals surface area contributed by atoms with Crippen LogP contribution < -0.4 is 21.7 Å². The Hall–Kier alpha value is -2.81. The van der Waals surface area contributed by atoms with E-state index < -0.39 is 0 Å². The highest BCUT2D eigenvalue weighted by Crippen LogP contribution is 2.10. The van der Waals surface area contributed by atoms with E-state index in [0.29, 0.717) is 25.2 Å². The summed E-state index contributed by atoms with van der Waals surface area (Å²) in [5, 5.41) is 18.7. The second kappa shape index (κ2) is 11.1. The Morgan fingerprint density at radius 3 is 2.50 bits per heavy atom. The second-order valence-electron chi connectivity index (χ2n) is 6.72. The minimum Gasteiger partial charge on any atom is -0.508 e. The van der Waals surface area contributed by atoms with Gasteiger partial charge in [0.05, 0.1) is 13.1 Å². The van der Waals surface area contributed by atoms with Gasteiger partial charge in [-0.15, -0.1) is 0 Å². The van der Waals surface area contributed by atoms with Crippen molar-refractivity contribution in [2.75, 3.05) is 39.3 Å². The number of nitrogens with two attached hydrogens (primary N) is 1. The van der Waals surface area contributed by atoms with Crippen LogP contribution >= 0.6 is 0 Å². The van der Waals surface area contributed by atoms with Gasteiger partial charge in [-0.05, 0) is 44.0 Å². The topological polar surface area (TPSA) is 132 Å². The van der Waals surface area contributed by atoms with Gasteiger partial charge in [0.2, 0.25) is 5.91 Å². The molecule has 0 aliphatic carbocycles. The number of nitrogens with zero attached hydrogens (tertiary/aromatic N) is 2. The molecule has 154 valence electrons. The van der Waals surface area contributed by atoms with Crippen LogP contribution in [0.2, 0.25) is 0 Å². The fraction of sp³-hybridized carbons (Fsp3) is 0.526. The molecule has 1 aromatic rings. The quantitative estimate of drug-likeness (QED) is 0.234. The molecule has 6 N–H and O–H groups in total. The highest BCUT2D eigenvalue weighted by atomic mass is 16.3. The molecule has 1 saturated heterocycles. The number of phenols is 1. The molecule has 9 heteroatoms. The lowest BCUT2D eigenvalue weighted by Crippen LogP contribution is -2.50. The Morgan fingerprint density at radius 1 is 1.21 bits per heavy atom. The predicted octanol–water partition coefficient (Wildman–Crippen LogP) is -0.373. The van der Waals surface area contributed by atoms with E-state index >= 15 is 0 Å². The summed E-state index contributed by atoms with van der Waals surface area (Å²) in [5.41, 5.74) is 5.74. The van der Waals surface area contributed by atoms with Gasteiger partial charge >= 0.3 is 0 Å². The molecule has 2 rings (SSSR count). The summed E-state index contributed by atoms with van der Waals surface area (Å²) in [5.74, 6) is 0.350. The summed E-state index contributed by atoms with van der Waals surface area (Å²) in [6, 6.07) is 6.40. The van der Waals surface area contributed by atoms with E-state index in [0.717, 1.165) is 38.4 Å². The SMILES string of the molecule is CCNC(=NCCNC(=O)c1ccc(O)cc1)NC1CCN(CC(N)=O)CC1. The van der Waals surface area contributed by atoms with Gasteiger partial charge in [0.25, 0.3) is 5.91 Å². The van der Waals surface area contributed by atoms with Crippen molar-refractivity contribution >= 4 is 17.8 Å². The number of guanidine groups is 1. The van der Waals surface area contributed by atoms with E-state index in [1.165, 1.54) is 12.1 Å². The molecule has 0 bridgehead atoms. The van der Waals surface area contributed by atoms with Crippen LogP contribution in [-0.2, 0) is 4.79 Å². The number of carbonyl (C=O) groups excluding carboxylic acids is 2. The number of aromatic hydroxyl groups is 1. The Morgan fingerprint density at radius 2 is 1.89 bits per heavy atom. The van der Waals surface area contributed by atoms with Gasteiger partial charge in [0.1, 0.15) is 5.75 Å². The largest absolute Gasteiger partial charge is 0.508 e. The first-order chi connectivity index (χ1) is 13.5. The molecular formula is C19H30N6O3. The first-order valence-corrected chi connectivity index (χ1v) is 9.60. The van der Waals surface area contributed by atoms with Crippen LogP contribution in [0.25, 0.3) is 0 Å². The van der Waals surface area contributed by atoms with E-state index in [9.17, 15) is 14.7 Å². The third kappa shape index (κ3) is 7.43. The summed E-state index contributed by atoms with van der Waals surface area (Å²) in [6.45, 7) is 5.55. The fourth-order valence-electron chi connectivity index (χ4n) is 3.02. The Labute approximate surface area is 165 Å². The molecule has 28 heavy (non-hydrogen) atoms. The number of hydrogen-bond acceptors (Lipinski definition) is 5. The standard InChI is InChI=1S/C19H30N6O3/c1-2-21-19(24-15-7-11-25(12-8-15)13-17(20)27)23-10-9-22-18(28)14-3-5-16(26)6-4-14/h3-6,15,26H,2,7-13H2,1H3,(H2,20,27)(H,22,28)(H2,21,23,24). The number of nitrogens with one attached hydrogen (secondary N) is 3. The van der Waals surface area contributed by atoms with Crippen molar-refractivity contribution < 1.29 is 14.7 Å². The van der Waals surface area contributed by atoms with E-state index in [-0.39, 0.29) is 23.6 Å². The van der Waals surface area contributed by atoms with Crippen LogP contribution in [0.4, 0.5) is 0 Å². The maximum absolute atomic E-state index is 12.0. The summed E-state index contributed by atoms with van der Waals surface area (Å²) in [7, 11) is 0. The smallest absolute Gasteiger partial charge is 0.251 e. The Bertz CT molecular complexity index is 669. The van der Waals surface area contributed by atoms with Crippen molar-refractivity contribution in [1.29, 1.82) is 0 Å². The third-order valence-corrected chi connectivity index (χ3v) is 4.45. The van der Waals surface area contributed by atoms with Crippen molar-refractivity contribution in [2.45, 2.75) is 25.8 Å². The van der Waals surface area contributed by atoms with Crippen LogP contribution in [0.5, 0.6) is 5.75 Å². The number of likely N-dealkylation sites (tertiary alicyclic amines) is 1. The van der Waals surface area contributed by atoms with Gasteiger partial charge in [0.15, 0.2) is 5.96 Å². The van der Waals surface area contributed by atoms with Gasteiger partial charge in [-0.25, -0.2) is 0 Å². The van der Waals surface area contributed by atoms with Crippen LogP contribution in [0.15, 0.2) is 29.3 Å². The minimum atomic E-state index is -0.296. The third-order valence-electron chi connectivity index (χ3n) is 4.45. The summed E-state index contributed by atoms with van der Waals surface area (Å²) >= 11 is 0. The average Bonchev–Trinajstić information content (AvgIpc) is 2.67. The van der Waals surface area contributed by atoms with Crippen molar-refractivity contribution in [3.8, 4) is 5.75 Å². The molecular weight excluding hydrogens is 360 g/mol. The van der Waals surface area contributed by atoms with Gasteiger partial charge in [-0.1, -0.05) is 0 Å². The first kappa shape index (κ1) is 21.5. The monoisotopic (exact) mass is 390 g/mol. The molecule has 0 saturated carbocycles. The maximum atomic E-state index is 12.0. The lowest BCUT2D eigenvalue weighted by atomic mass is 10.1. The van der Waals surface area contributed by atoms with Crippen LogP contribution in [0.1, 0.15) is 30.1 Å². The highest BCUT2D eigenvalue weighted by molar-refractivity contribution is 5.94. The van der Waals surface area contributed by atoms with E-state index in [1.54, 1.807) is 12.1 Å². The molecule has 0 radical (unpaired) electrons. The molecule has 9 nitrogen and oxygen atoms in total. The minimum absolute atomic E-state index is 0.128. The van der Waals surface area contributed by atoms with Crippen LogP contribution in [0, 0.1) is 0 Å². The van der Waals surface area contributed by atoms with Gasteiger partial charge < -0.3 is 26.8 Å². The number of primary amides is 1. The molecule has 1 heterocycles. The zero-order valence-corrected chi connectivity index (χ0v) is 16.3. The van der Waals surface area contributed by atoms with E-state index in [2.05, 4.69) is 25.8 Å². The van der Waals surface area contributed by atoms with Crippen molar-refractivity contribution in [1.82, 2.24) is 20.9 Å². The summed E-state index contributed by atoms with van der Waals surface area (Å²) < 4.78 is 0. The normalized spacial score (nSPS) is 15.8. The van der Waals surface area contributed by atoms with Crippen LogP contribution in [-0.4, -0.2) is 73.1 Å². The Kier molecular flexibility index (Phi) is 8.54. The molecule has 1 aliphatic rings. The average molecular weight is 390 g/mol. The van der Waals surface area contributed by atoms with Crippen molar-refractivity contribution in [2.24, 2.45) is 10.7 Å². The zero-order valence-electron chi connectivity index (χ0n) is 16.3. The number of hydrogen-bond donors (Lipinski definition) is 5. The molecule has 1 fully saturated rings. The molecule has 1 aromatic carbocycles. The second-order valence-corrected chi connectivity index (χ2v) is 6.72. The fourth-order valence-corrected chi connectivity index (χ4v) is 3.02. The number of phenolic OH excluding ortho intramolecular Hbond substituents is 1. The molecule has 2 amide bonds.